The molecule has 1 N–H and O–H groups in total. The van der Waals surface area contributed by atoms with Crippen LogP contribution in [-0.4, -0.2) is 56.2 Å². The van der Waals surface area contributed by atoms with Crippen LogP contribution in [0.3, 0.4) is 0 Å². The van der Waals surface area contributed by atoms with Gasteiger partial charge in [0.25, 0.3) is 0 Å². The lowest BCUT2D eigenvalue weighted by molar-refractivity contribution is 0.0917. The summed E-state index contributed by atoms with van der Waals surface area (Å²) in [6.07, 6.45) is 1.25. The van der Waals surface area contributed by atoms with Crippen molar-refractivity contribution in [2.75, 3.05) is 46.4 Å². The highest BCUT2D eigenvalue weighted by molar-refractivity contribution is 5.39. The molecule has 116 valence electrons. The van der Waals surface area contributed by atoms with Crippen LogP contribution < -0.4 is 10.1 Å². The number of benzene rings is 1. The number of fused-ring (bicyclic) bond motifs is 1. The molecule has 0 saturated carbocycles. The first-order valence-corrected chi connectivity index (χ1v) is 8.15. The predicted octanol–water partition coefficient (Wildman–Crippen LogP) is 1.87. The number of hydrogen-bond acceptors (Lipinski definition) is 4. The predicted molar refractivity (Wildman–Crippen MR) is 85.7 cm³/mol. The minimum Gasteiger partial charge on any atom is -0.497 e. The van der Waals surface area contributed by atoms with Gasteiger partial charge < -0.3 is 15.0 Å². The van der Waals surface area contributed by atoms with Gasteiger partial charge in [0.15, 0.2) is 0 Å². The lowest BCUT2D eigenvalue weighted by Crippen LogP contribution is -2.50. The van der Waals surface area contributed by atoms with Crippen molar-refractivity contribution in [3.63, 3.8) is 0 Å². The second kappa shape index (κ2) is 6.77. The zero-order valence-electron chi connectivity index (χ0n) is 13.3. The van der Waals surface area contributed by atoms with Gasteiger partial charge in [0.1, 0.15) is 5.75 Å². The Kier molecular flexibility index (Phi) is 4.78. The molecule has 1 aromatic rings. The van der Waals surface area contributed by atoms with E-state index in [4.69, 9.17) is 4.74 Å². The molecule has 0 unspecified atom stereocenters. The van der Waals surface area contributed by atoms with E-state index in [0.717, 1.165) is 18.8 Å². The molecular formula is C17H27N3O. The summed E-state index contributed by atoms with van der Waals surface area (Å²) in [7, 11) is 1.75. The minimum absolute atomic E-state index is 0.493. The summed E-state index contributed by atoms with van der Waals surface area (Å²) in [5.74, 6) is 0.977. The Balaban J connectivity index is 1.73. The molecule has 0 bridgehead atoms. The van der Waals surface area contributed by atoms with E-state index in [-0.39, 0.29) is 0 Å². The molecule has 0 radical (unpaired) electrons. The van der Waals surface area contributed by atoms with Crippen molar-refractivity contribution in [1.82, 2.24) is 15.1 Å². The van der Waals surface area contributed by atoms with Crippen molar-refractivity contribution in [2.45, 2.75) is 25.9 Å². The van der Waals surface area contributed by atoms with Gasteiger partial charge in [0, 0.05) is 45.3 Å². The van der Waals surface area contributed by atoms with Crippen molar-refractivity contribution in [2.24, 2.45) is 0 Å². The number of nitrogens with one attached hydrogen (secondary N) is 1. The van der Waals surface area contributed by atoms with Gasteiger partial charge in [-0.2, -0.15) is 0 Å². The number of nitrogens with zero attached hydrogens (tertiary/aromatic N) is 2. The first-order valence-electron chi connectivity index (χ1n) is 8.15. The van der Waals surface area contributed by atoms with Crippen molar-refractivity contribution < 1.29 is 4.74 Å². The minimum atomic E-state index is 0.493. The van der Waals surface area contributed by atoms with Crippen LogP contribution in [-0.2, 0) is 6.54 Å². The highest BCUT2D eigenvalue weighted by Crippen LogP contribution is 2.31. The van der Waals surface area contributed by atoms with Crippen molar-refractivity contribution >= 4 is 0 Å². The fourth-order valence-corrected chi connectivity index (χ4v) is 3.57. The van der Waals surface area contributed by atoms with Crippen LogP contribution in [0, 0.1) is 0 Å². The topological polar surface area (TPSA) is 27.7 Å². The number of hydrogen-bond donors (Lipinski definition) is 1. The van der Waals surface area contributed by atoms with Gasteiger partial charge in [-0.05, 0) is 36.2 Å². The summed E-state index contributed by atoms with van der Waals surface area (Å²) in [6.45, 7) is 10.3. The maximum absolute atomic E-state index is 5.42. The molecule has 2 aliphatic heterocycles. The third-order valence-corrected chi connectivity index (χ3v) is 4.75. The van der Waals surface area contributed by atoms with E-state index in [0.29, 0.717) is 6.04 Å². The Labute approximate surface area is 128 Å². The fourth-order valence-electron chi connectivity index (χ4n) is 3.57. The van der Waals surface area contributed by atoms with Gasteiger partial charge in [-0.3, -0.25) is 4.90 Å². The molecule has 1 saturated heterocycles. The number of ether oxygens (including phenoxy) is 1. The molecule has 1 fully saturated rings. The van der Waals surface area contributed by atoms with Crippen LogP contribution in [0.2, 0.25) is 0 Å². The molecule has 0 spiro atoms. The summed E-state index contributed by atoms with van der Waals surface area (Å²) in [6, 6.07) is 7.01. The molecule has 1 aromatic carbocycles. The molecule has 0 amide bonds. The quantitative estimate of drug-likeness (QED) is 0.916. The van der Waals surface area contributed by atoms with Crippen molar-refractivity contribution in [1.29, 1.82) is 0 Å². The number of methoxy groups -OCH3 is 1. The summed E-state index contributed by atoms with van der Waals surface area (Å²) in [5.41, 5.74) is 2.88. The van der Waals surface area contributed by atoms with Gasteiger partial charge in [-0.25, -0.2) is 0 Å². The average molecular weight is 289 g/mol. The Hall–Kier alpha value is -1.10. The lowest BCUT2D eigenvalue weighted by Gasteiger charge is -2.41. The normalized spacial score (nSPS) is 23.8. The second-order valence-corrected chi connectivity index (χ2v) is 6.09. The largest absolute Gasteiger partial charge is 0.497 e. The molecule has 4 nitrogen and oxygen atoms in total. The van der Waals surface area contributed by atoms with Crippen LogP contribution in [0.4, 0.5) is 0 Å². The first kappa shape index (κ1) is 14.8. The van der Waals surface area contributed by atoms with Crippen LogP contribution >= 0.6 is 0 Å². The van der Waals surface area contributed by atoms with Gasteiger partial charge in [-0.15, -0.1) is 0 Å². The summed E-state index contributed by atoms with van der Waals surface area (Å²) in [4.78, 5) is 5.22. The van der Waals surface area contributed by atoms with E-state index >= 15 is 0 Å². The van der Waals surface area contributed by atoms with Gasteiger partial charge in [0.05, 0.1) is 7.11 Å². The third-order valence-electron chi connectivity index (χ3n) is 4.75. The molecule has 1 atom stereocenters. The van der Waals surface area contributed by atoms with Crippen LogP contribution in [0.15, 0.2) is 18.2 Å². The van der Waals surface area contributed by atoms with E-state index in [1.54, 1.807) is 7.11 Å². The molecule has 0 aliphatic carbocycles. The summed E-state index contributed by atoms with van der Waals surface area (Å²) in [5, 5.41) is 3.57. The molecule has 2 aliphatic rings. The molecule has 2 heterocycles. The Morgan fingerprint density at radius 2 is 2.05 bits per heavy atom. The smallest absolute Gasteiger partial charge is 0.119 e. The molecule has 21 heavy (non-hydrogen) atoms. The Bertz CT molecular complexity index is 469. The first-order chi connectivity index (χ1) is 10.3. The summed E-state index contributed by atoms with van der Waals surface area (Å²) >= 11 is 0. The van der Waals surface area contributed by atoms with Crippen LogP contribution in [0.25, 0.3) is 0 Å². The zero-order chi connectivity index (χ0) is 14.7. The molecule has 3 rings (SSSR count). The zero-order valence-corrected chi connectivity index (χ0v) is 13.3. The van der Waals surface area contributed by atoms with E-state index in [1.807, 2.05) is 0 Å². The third kappa shape index (κ3) is 3.23. The molecule has 4 heteroatoms. The van der Waals surface area contributed by atoms with Crippen LogP contribution in [0.1, 0.15) is 30.5 Å². The van der Waals surface area contributed by atoms with Crippen molar-refractivity contribution in [3.8, 4) is 5.75 Å². The highest BCUT2D eigenvalue weighted by Gasteiger charge is 2.28. The molecule has 0 aromatic heterocycles. The standard InChI is InChI=1S/C17H27N3O/c1-3-6-19-7-9-20(10-8-19)17-13-18-12-14-4-5-15(21-2)11-16(14)17/h4-5,11,17-18H,3,6-10,12-13H2,1-2H3/t17-/m0/s1. The van der Waals surface area contributed by atoms with E-state index in [1.165, 1.54) is 50.3 Å². The molecular weight excluding hydrogens is 262 g/mol. The maximum Gasteiger partial charge on any atom is 0.119 e. The average Bonchev–Trinajstić information content (AvgIpc) is 2.55. The van der Waals surface area contributed by atoms with Crippen LogP contribution in [0.5, 0.6) is 5.75 Å². The lowest BCUT2D eigenvalue weighted by atomic mass is 9.94. The Morgan fingerprint density at radius 3 is 2.76 bits per heavy atom. The SMILES string of the molecule is CCCN1CCN([C@H]2CNCc3ccc(OC)cc32)CC1. The Morgan fingerprint density at radius 1 is 1.24 bits per heavy atom. The van der Waals surface area contributed by atoms with Gasteiger partial charge in [0.2, 0.25) is 0 Å². The van der Waals surface area contributed by atoms with E-state index in [9.17, 15) is 0 Å². The second-order valence-electron chi connectivity index (χ2n) is 6.09. The van der Waals surface area contributed by atoms with E-state index in [2.05, 4.69) is 40.2 Å². The van der Waals surface area contributed by atoms with Gasteiger partial charge >= 0.3 is 0 Å². The number of rotatable bonds is 4. The van der Waals surface area contributed by atoms with E-state index < -0.39 is 0 Å². The van der Waals surface area contributed by atoms with Crippen molar-refractivity contribution in [3.05, 3.63) is 29.3 Å². The maximum atomic E-state index is 5.42. The number of piperazine rings is 1. The van der Waals surface area contributed by atoms with Gasteiger partial charge in [-0.1, -0.05) is 13.0 Å². The fraction of sp³-hybridized carbons (Fsp3) is 0.647. The monoisotopic (exact) mass is 289 g/mol. The summed E-state index contributed by atoms with van der Waals surface area (Å²) < 4.78 is 5.42. The highest BCUT2D eigenvalue weighted by atomic mass is 16.5.